The number of carboxylic acids is 1. The van der Waals surface area contributed by atoms with Crippen LogP contribution in [-0.2, 0) is 6.54 Å². The number of piperidine rings is 1. The predicted molar refractivity (Wildman–Crippen MR) is 84.0 cm³/mol. The molecule has 0 spiro atoms. The third kappa shape index (κ3) is 3.64. The fraction of sp³-hybridized carbons (Fsp3) is 0.750. The van der Waals surface area contributed by atoms with Gasteiger partial charge in [-0.25, -0.2) is 9.78 Å². The molecule has 2 aliphatic rings. The second-order valence-corrected chi connectivity index (χ2v) is 7.38. The van der Waals surface area contributed by atoms with Crippen molar-refractivity contribution in [2.75, 3.05) is 13.1 Å². The minimum Gasteiger partial charge on any atom is -0.477 e. The number of aromatic nitrogens is 1. The third-order valence-corrected chi connectivity index (χ3v) is 5.74. The molecule has 2 heterocycles. The molecule has 0 radical (unpaired) electrons. The van der Waals surface area contributed by atoms with E-state index in [1.807, 2.05) is 0 Å². The zero-order valence-corrected chi connectivity index (χ0v) is 13.3. The molecule has 5 heteroatoms. The summed E-state index contributed by atoms with van der Waals surface area (Å²) in [5.41, 5.74) is 0.874. The van der Waals surface area contributed by atoms with Gasteiger partial charge >= 0.3 is 5.97 Å². The molecule has 0 amide bonds. The normalized spacial score (nSPS) is 21.5. The lowest BCUT2D eigenvalue weighted by Gasteiger charge is -2.25. The van der Waals surface area contributed by atoms with Gasteiger partial charge in [-0.05, 0) is 38.8 Å². The summed E-state index contributed by atoms with van der Waals surface area (Å²) in [5.74, 6) is -0.422. The van der Waals surface area contributed by atoms with Gasteiger partial charge in [0, 0.05) is 5.92 Å². The van der Waals surface area contributed by atoms with E-state index < -0.39 is 5.97 Å². The second-order valence-electron chi connectivity index (χ2n) is 6.30. The minimum atomic E-state index is -0.794. The number of hydrogen-bond acceptors (Lipinski definition) is 4. The third-order valence-electron chi connectivity index (χ3n) is 4.69. The summed E-state index contributed by atoms with van der Waals surface area (Å²) in [4.78, 5) is 19.2. The first-order valence-corrected chi connectivity index (χ1v) is 9.01. The molecule has 1 aromatic rings. The van der Waals surface area contributed by atoms with Gasteiger partial charge in [-0.15, -0.1) is 11.3 Å². The highest BCUT2D eigenvalue weighted by atomic mass is 32.1. The molecule has 0 bridgehead atoms. The van der Waals surface area contributed by atoms with Crippen molar-refractivity contribution in [3.8, 4) is 0 Å². The van der Waals surface area contributed by atoms with Crippen LogP contribution < -0.4 is 0 Å². The SMILES string of the molecule is O=C(O)c1sc(CN2CCCCC2)nc1C1CCCCC1. The van der Waals surface area contributed by atoms with Crippen molar-refractivity contribution >= 4 is 17.3 Å². The maximum absolute atomic E-state index is 11.5. The van der Waals surface area contributed by atoms with Crippen LogP contribution in [0, 0.1) is 0 Å². The molecule has 0 atom stereocenters. The average Bonchev–Trinajstić information content (AvgIpc) is 2.93. The van der Waals surface area contributed by atoms with Crippen LogP contribution in [0.25, 0.3) is 0 Å². The molecule has 0 unspecified atom stereocenters. The first-order chi connectivity index (χ1) is 10.2. The molecule has 3 rings (SSSR count). The minimum absolute atomic E-state index is 0.371. The van der Waals surface area contributed by atoms with E-state index in [9.17, 15) is 9.90 Å². The van der Waals surface area contributed by atoms with Crippen LogP contribution in [0.3, 0.4) is 0 Å². The Morgan fingerprint density at radius 1 is 1.14 bits per heavy atom. The van der Waals surface area contributed by atoms with E-state index in [1.54, 1.807) is 0 Å². The van der Waals surface area contributed by atoms with Crippen LogP contribution in [0.4, 0.5) is 0 Å². The Labute approximate surface area is 130 Å². The highest BCUT2D eigenvalue weighted by Gasteiger charge is 2.26. The molecule has 116 valence electrons. The molecule has 2 fully saturated rings. The molecule has 0 aromatic carbocycles. The molecule has 1 saturated carbocycles. The van der Waals surface area contributed by atoms with Gasteiger partial charge < -0.3 is 5.11 Å². The van der Waals surface area contributed by atoms with Crippen LogP contribution in [0.15, 0.2) is 0 Å². The lowest BCUT2D eigenvalue weighted by Crippen LogP contribution is -2.29. The Bertz CT molecular complexity index is 488. The fourth-order valence-electron chi connectivity index (χ4n) is 3.56. The summed E-state index contributed by atoms with van der Waals surface area (Å²) in [5, 5.41) is 10.5. The Hall–Kier alpha value is -0.940. The van der Waals surface area contributed by atoms with Crippen LogP contribution in [-0.4, -0.2) is 34.0 Å². The van der Waals surface area contributed by atoms with Crippen LogP contribution in [0.2, 0.25) is 0 Å². The summed E-state index contributed by atoms with van der Waals surface area (Å²) in [6.45, 7) is 3.08. The van der Waals surface area contributed by atoms with Gasteiger partial charge in [0.05, 0.1) is 12.2 Å². The Morgan fingerprint density at radius 2 is 1.81 bits per heavy atom. The number of hydrogen-bond donors (Lipinski definition) is 1. The largest absolute Gasteiger partial charge is 0.477 e. The van der Waals surface area contributed by atoms with Crippen molar-refractivity contribution < 1.29 is 9.90 Å². The zero-order valence-electron chi connectivity index (χ0n) is 12.5. The van der Waals surface area contributed by atoms with Crippen molar-refractivity contribution in [1.82, 2.24) is 9.88 Å². The fourth-order valence-corrected chi connectivity index (χ4v) is 4.59. The smallest absolute Gasteiger partial charge is 0.347 e. The van der Waals surface area contributed by atoms with E-state index >= 15 is 0 Å². The maximum Gasteiger partial charge on any atom is 0.347 e. The number of nitrogens with zero attached hydrogens (tertiary/aromatic N) is 2. The summed E-state index contributed by atoms with van der Waals surface area (Å²) >= 11 is 1.40. The van der Waals surface area contributed by atoms with E-state index in [0.29, 0.717) is 10.8 Å². The molecule has 4 nitrogen and oxygen atoms in total. The van der Waals surface area contributed by atoms with Crippen LogP contribution in [0.1, 0.15) is 77.7 Å². The van der Waals surface area contributed by atoms with Gasteiger partial charge in [-0.1, -0.05) is 25.7 Å². The van der Waals surface area contributed by atoms with Crippen LogP contribution in [0.5, 0.6) is 0 Å². The zero-order chi connectivity index (χ0) is 14.7. The van der Waals surface area contributed by atoms with Gasteiger partial charge in [0.25, 0.3) is 0 Å². The van der Waals surface area contributed by atoms with Crippen molar-refractivity contribution in [2.24, 2.45) is 0 Å². The van der Waals surface area contributed by atoms with E-state index in [4.69, 9.17) is 4.98 Å². The monoisotopic (exact) mass is 308 g/mol. The molecular weight excluding hydrogens is 284 g/mol. The van der Waals surface area contributed by atoms with Crippen molar-refractivity contribution in [2.45, 2.75) is 63.8 Å². The second kappa shape index (κ2) is 6.88. The molecule has 21 heavy (non-hydrogen) atoms. The number of carboxylic acid groups (broad SMARTS) is 1. The van der Waals surface area contributed by atoms with Crippen molar-refractivity contribution in [1.29, 1.82) is 0 Å². The van der Waals surface area contributed by atoms with E-state index in [-0.39, 0.29) is 0 Å². The summed E-state index contributed by atoms with van der Waals surface area (Å²) in [7, 11) is 0. The first kappa shape index (κ1) is 15.0. The Balaban J connectivity index is 1.76. The average molecular weight is 308 g/mol. The number of carbonyl (C=O) groups is 1. The molecule has 1 saturated heterocycles. The molecular formula is C16H24N2O2S. The Morgan fingerprint density at radius 3 is 2.48 bits per heavy atom. The quantitative estimate of drug-likeness (QED) is 0.917. The molecule has 1 aliphatic carbocycles. The van der Waals surface area contributed by atoms with Gasteiger partial charge in [0.15, 0.2) is 0 Å². The van der Waals surface area contributed by atoms with E-state index in [0.717, 1.165) is 43.2 Å². The van der Waals surface area contributed by atoms with Gasteiger partial charge in [0.1, 0.15) is 9.88 Å². The molecule has 1 aliphatic heterocycles. The molecule has 1 N–H and O–H groups in total. The highest BCUT2D eigenvalue weighted by molar-refractivity contribution is 7.13. The lowest BCUT2D eigenvalue weighted by molar-refractivity contribution is 0.0700. The predicted octanol–water partition coefficient (Wildman–Crippen LogP) is 3.87. The molecule has 1 aromatic heterocycles. The summed E-state index contributed by atoms with van der Waals surface area (Å²) in [6.07, 6.45) is 9.75. The number of likely N-dealkylation sites (tertiary alicyclic amines) is 1. The lowest BCUT2D eigenvalue weighted by atomic mass is 9.86. The van der Waals surface area contributed by atoms with Gasteiger partial charge in [-0.2, -0.15) is 0 Å². The maximum atomic E-state index is 11.5. The number of rotatable bonds is 4. The van der Waals surface area contributed by atoms with Crippen LogP contribution >= 0.6 is 11.3 Å². The van der Waals surface area contributed by atoms with Crippen molar-refractivity contribution in [3.05, 3.63) is 15.6 Å². The number of aromatic carboxylic acids is 1. The summed E-state index contributed by atoms with van der Waals surface area (Å²) in [6, 6.07) is 0. The van der Waals surface area contributed by atoms with E-state index in [1.165, 1.54) is 49.9 Å². The first-order valence-electron chi connectivity index (χ1n) is 8.19. The van der Waals surface area contributed by atoms with Gasteiger partial charge in [-0.3, -0.25) is 4.90 Å². The van der Waals surface area contributed by atoms with E-state index in [2.05, 4.69) is 4.90 Å². The number of thiazole rings is 1. The highest BCUT2D eigenvalue weighted by Crippen LogP contribution is 2.36. The summed E-state index contributed by atoms with van der Waals surface area (Å²) < 4.78 is 0. The topological polar surface area (TPSA) is 53.4 Å². The van der Waals surface area contributed by atoms with Crippen molar-refractivity contribution in [3.63, 3.8) is 0 Å². The standard InChI is InChI=1S/C16H24N2O2S/c19-16(20)15-14(12-7-3-1-4-8-12)17-13(21-15)11-18-9-5-2-6-10-18/h12H,1-11H2,(H,19,20). The Kier molecular flexibility index (Phi) is 4.91. The van der Waals surface area contributed by atoms with Gasteiger partial charge in [0.2, 0.25) is 0 Å².